The Balaban J connectivity index is 2.21. The number of hydrogen-bond donors (Lipinski definition) is 1. The van der Waals surface area contributed by atoms with E-state index in [0.29, 0.717) is 27.0 Å². The van der Waals surface area contributed by atoms with E-state index >= 15 is 0 Å². The van der Waals surface area contributed by atoms with Crippen LogP contribution in [-0.2, 0) is 0 Å². The third-order valence-corrected chi connectivity index (χ3v) is 3.39. The van der Waals surface area contributed by atoms with Gasteiger partial charge in [-0.3, -0.25) is 4.79 Å². The predicted molar refractivity (Wildman–Crippen MR) is 82.1 cm³/mol. The van der Waals surface area contributed by atoms with Crippen LogP contribution >= 0.6 is 23.2 Å². The van der Waals surface area contributed by atoms with E-state index in [1.165, 1.54) is 7.11 Å². The Morgan fingerprint density at radius 2 is 1.85 bits per heavy atom. The smallest absolute Gasteiger partial charge is 0.257 e. The number of amides is 1. The van der Waals surface area contributed by atoms with Crippen molar-refractivity contribution < 1.29 is 9.53 Å². The van der Waals surface area contributed by atoms with Crippen LogP contribution in [-0.4, -0.2) is 13.0 Å². The van der Waals surface area contributed by atoms with Gasteiger partial charge in [0.25, 0.3) is 5.91 Å². The Morgan fingerprint density at radius 1 is 1.10 bits per heavy atom. The van der Waals surface area contributed by atoms with Crippen LogP contribution in [0.15, 0.2) is 36.4 Å². The molecule has 1 amide bonds. The summed E-state index contributed by atoms with van der Waals surface area (Å²) in [5.74, 6) is 0.272. The van der Waals surface area contributed by atoms with Crippen LogP contribution in [0.4, 0.5) is 5.69 Å². The molecule has 104 valence electrons. The average molecular weight is 310 g/mol. The van der Waals surface area contributed by atoms with Gasteiger partial charge in [-0.05, 0) is 42.8 Å². The van der Waals surface area contributed by atoms with Crippen molar-refractivity contribution in [3.8, 4) is 5.75 Å². The van der Waals surface area contributed by atoms with Crippen molar-refractivity contribution in [3.63, 3.8) is 0 Å². The molecule has 0 aliphatic heterocycles. The Bertz CT molecular complexity index is 656. The maximum Gasteiger partial charge on any atom is 0.257 e. The van der Waals surface area contributed by atoms with Crippen LogP contribution in [0.3, 0.4) is 0 Å². The SMILES string of the molecule is COc1ccc(NC(=O)c2ccc(C)cc2Cl)cc1Cl. The molecule has 5 heteroatoms. The number of aryl methyl sites for hydroxylation is 1. The second-order valence-electron chi connectivity index (χ2n) is 4.29. The predicted octanol–water partition coefficient (Wildman–Crippen LogP) is 4.56. The number of methoxy groups -OCH3 is 1. The summed E-state index contributed by atoms with van der Waals surface area (Å²) in [7, 11) is 1.53. The fourth-order valence-electron chi connectivity index (χ4n) is 1.75. The molecule has 0 bridgehead atoms. The molecular weight excluding hydrogens is 297 g/mol. The van der Waals surface area contributed by atoms with Crippen molar-refractivity contribution in [1.82, 2.24) is 0 Å². The van der Waals surface area contributed by atoms with E-state index in [1.807, 2.05) is 13.0 Å². The molecule has 0 aliphatic rings. The summed E-state index contributed by atoms with van der Waals surface area (Å²) >= 11 is 12.1. The number of anilines is 1. The fraction of sp³-hybridized carbons (Fsp3) is 0.133. The van der Waals surface area contributed by atoms with E-state index in [0.717, 1.165) is 5.56 Å². The van der Waals surface area contributed by atoms with Gasteiger partial charge < -0.3 is 10.1 Å². The molecule has 1 N–H and O–H groups in total. The highest BCUT2D eigenvalue weighted by Crippen LogP contribution is 2.28. The Hall–Kier alpha value is -1.71. The Labute approximate surface area is 127 Å². The molecule has 0 unspecified atom stereocenters. The molecule has 20 heavy (non-hydrogen) atoms. The van der Waals surface area contributed by atoms with Gasteiger partial charge in [0.1, 0.15) is 5.75 Å². The number of halogens is 2. The maximum absolute atomic E-state index is 12.1. The minimum atomic E-state index is -0.281. The monoisotopic (exact) mass is 309 g/mol. The third kappa shape index (κ3) is 3.24. The highest BCUT2D eigenvalue weighted by atomic mass is 35.5. The molecule has 0 atom stereocenters. The minimum Gasteiger partial charge on any atom is -0.495 e. The average Bonchev–Trinajstić information content (AvgIpc) is 2.38. The van der Waals surface area contributed by atoms with Gasteiger partial charge in [0.2, 0.25) is 0 Å². The summed E-state index contributed by atoms with van der Waals surface area (Å²) in [6, 6.07) is 10.3. The number of rotatable bonds is 3. The Kier molecular flexibility index (Phi) is 4.53. The number of ether oxygens (including phenoxy) is 1. The quantitative estimate of drug-likeness (QED) is 0.902. The minimum absolute atomic E-state index is 0.281. The number of carbonyl (C=O) groups excluding carboxylic acids is 1. The van der Waals surface area contributed by atoms with Crippen molar-refractivity contribution in [3.05, 3.63) is 57.6 Å². The number of nitrogens with one attached hydrogen (secondary N) is 1. The van der Waals surface area contributed by atoms with E-state index in [1.54, 1.807) is 30.3 Å². The highest BCUT2D eigenvalue weighted by Gasteiger charge is 2.11. The largest absolute Gasteiger partial charge is 0.495 e. The number of hydrogen-bond acceptors (Lipinski definition) is 2. The van der Waals surface area contributed by atoms with Gasteiger partial charge in [-0.25, -0.2) is 0 Å². The molecule has 0 heterocycles. The van der Waals surface area contributed by atoms with Gasteiger partial charge in [-0.2, -0.15) is 0 Å². The van der Waals surface area contributed by atoms with Gasteiger partial charge >= 0.3 is 0 Å². The first-order chi connectivity index (χ1) is 9.51. The van der Waals surface area contributed by atoms with Crippen LogP contribution in [0.1, 0.15) is 15.9 Å². The van der Waals surface area contributed by atoms with Crippen molar-refractivity contribution in [2.24, 2.45) is 0 Å². The molecule has 0 radical (unpaired) electrons. The summed E-state index contributed by atoms with van der Waals surface area (Å²) in [6.07, 6.45) is 0. The van der Waals surface area contributed by atoms with E-state index in [4.69, 9.17) is 27.9 Å². The van der Waals surface area contributed by atoms with E-state index in [2.05, 4.69) is 5.32 Å². The Morgan fingerprint density at radius 3 is 2.45 bits per heavy atom. The first-order valence-electron chi connectivity index (χ1n) is 5.92. The molecule has 0 spiro atoms. The first-order valence-corrected chi connectivity index (χ1v) is 6.68. The van der Waals surface area contributed by atoms with E-state index in [-0.39, 0.29) is 5.91 Å². The van der Waals surface area contributed by atoms with Crippen molar-refractivity contribution in [2.75, 3.05) is 12.4 Å². The lowest BCUT2D eigenvalue weighted by molar-refractivity contribution is 0.102. The van der Waals surface area contributed by atoms with Gasteiger partial charge in [-0.15, -0.1) is 0 Å². The molecule has 3 nitrogen and oxygen atoms in total. The third-order valence-electron chi connectivity index (χ3n) is 2.78. The summed E-state index contributed by atoms with van der Waals surface area (Å²) in [6.45, 7) is 1.91. The van der Waals surface area contributed by atoms with Crippen LogP contribution < -0.4 is 10.1 Å². The second-order valence-corrected chi connectivity index (χ2v) is 5.10. The molecule has 0 saturated carbocycles. The molecule has 0 saturated heterocycles. The zero-order valence-corrected chi connectivity index (χ0v) is 12.5. The van der Waals surface area contributed by atoms with Gasteiger partial charge in [0.15, 0.2) is 0 Å². The summed E-state index contributed by atoms with van der Waals surface area (Å²) in [4.78, 5) is 12.1. The van der Waals surface area contributed by atoms with Crippen molar-refractivity contribution in [2.45, 2.75) is 6.92 Å². The summed E-state index contributed by atoms with van der Waals surface area (Å²) in [5, 5.41) is 3.60. The lowest BCUT2D eigenvalue weighted by Gasteiger charge is -2.09. The fourth-order valence-corrected chi connectivity index (χ4v) is 2.33. The van der Waals surface area contributed by atoms with Crippen LogP contribution in [0.25, 0.3) is 0 Å². The van der Waals surface area contributed by atoms with Gasteiger partial charge in [-0.1, -0.05) is 29.3 Å². The molecule has 0 fully saturated rings. The van der Waals surface area contributed by atoms with E-state index in [9.17, 15) is 4.79 Å². The zero-order valence-electron chi connectivity index (χ0n) is 11.0. The van der Waals surface area contributed by atoms with Crippen molar-refractivity contribution in [1.29, 1.82) is 0 Å². The normalized spacial score (nSPS) is 10.2. The van der Waals surface area contributed by atoms with Gasteiger partial charge in [0, 0.05) is 5.69 Å². The first kappa shape index (κ1) is 14.7. The summed E-state index contributed by atoms with van der Waals surface area (Å²) in [5.41, 5.74) is 2.00. The summed E-state index contributed by atoms with van der Waals surface area (Å²) < 4.78 is 5.06. The highest BCUT2D eigenvalue weighted by molar-refractivity contribution is 6.34. The lowest BCUT2D eigenvalue weighted by atomic mass is 10.1. The molecule has 2 aromatic rings. The maximum atomic E-state index is 12.1. The second kappa shape index (κ2) is 6.16. The molecule has 2 rings (SSSR count). The van der Waals surface area contributed by atoms with Crippen LogP contribution in [0.2, 0.25) is 10.0 Å². The molecule has 0 aromatic heterocycles. The molecule has 2 aromatic carbocycles. The number of carbonyl (C=O) groups is 1. The topological polar surface area (TPSA) is 38.3 Å². The molecular formula is C15H13Cl2NO2. The van der Waals surface area contributed by atoms with Crippen LogP contribution in [0.5, 0.6) is 5.75 Å². The standard InChI is InChI=1S/C15H13Cl2NO2/c1-9-3-5-11(12(16)7-9)15(19)18-10-4-6-14(20-2)13(17)8-10/h3-8H,1-2H3,(H,18,19). The van der Waals surface area contributed by atoms with E-state index < -0.39 is 0 Å². The van der Waals surface area contributed by atoms with Gasteiger partial charge in [0.05, 0.1) is 22.7 Å². The van der Waals surface area contributed by atoms with Crippen LogP contribution in [0, 0.1) is 6.92 Å². The van der Waals surface area contributed by atoms with Crippen molar-refractivity contribution >= 4 is 34.8 Å². The number of benzene rings is 2. The zero-order chi connectivity index (χ0) is 14.7. The molecule has 0 aliphatic carbocycles. The lowest BCUT2D eigenvalue weighted by Crippen LogP contribution is -2.12.